The lowest BCUT2D eigenvalue weighted by Crippen LogP contribution is -2.34. The van der Waals surface area contributed by atoms with Crippen LogP contribution in [0.5, 0.6) is 0 Å². The Morgan fingerprint density at radius 3 is 2.94 bits per heavy atom. The number of benzene rings is 1. The van der Waals surface area contributed by atoms with E-state index in [4.69, 9.17) is 0 Å². The fourth-order valence-corrected chi connectivity index (χ4v) is 5.01. The van der Waals surface area contributed by atoms with Crippen LogP contribution in [-0.4, -0.2) is 51.7 Å². The zero-order chi connectivity index (χ0) is 21.8. The summed E-state index contributed by atoms with van der Waals surface area (Å²) < 4.78 is 0. The number of H-pyrrole nitrogens is 1. The van der Waals surface area contributed by atoms with Crippen LogP contribution in [0.2, 0.25) is 0 Å². The number of aliphatic imine (C=N–C) groups is 1. The van der Waals surface area contributed by atoms with Gasteiger partial charge >= 0.3 is 0 Å². The van der Waals surface area contributed by atoms with Crippen molar-refractivity contribution in [2.75, 3.05) is 13.2 Å². The zero-order valence-corrected chi connectivity index (χ0v) is 17.1. The van der Waals surface area contributed by atoms with Crippen LogP contribution in [0.1, 0.15) is 11.1 Å². The molecule has 0 bridgehead atoms. The Morgan fingerprint density at radius 1 is 1.19 bits per heavy atom. The molecule has 1 unspecified atom stereocenters. The van der Waals surface area contributed by atoms with Crippen LogP contribution in [0.15, 0.2) is 82.8 Å². The van der Waals surface area contributed by atoms with E-state index in [2.05, 4.69) is 32.3 Å². The highest BCUT2D eigenvalue weighted by Crippen LogP contribution is 2.38. The predicted molar refractivity (Wildman–Crippen MR) is 122 cm³/mol. The highest BCUT2D eigenvalue weighted by molar-refractivity contribution is 6.48. The number of aliphatic hydroxyl groups is 1. The molecule has 1 aliphatic carbocycles. The van der Waals surface area contributed by atoms with Crippen molar-refractivity contribution in [3.05, 3.63) is 88.9 Å². The molecule has 1 aromatic carbocycles. The summed E-state index contributed by atoms with van der Waals surface area (Å²) in [6.45, 7) is 0.799. The van der Waals surface area contributed by atoms with Crippen LogP contribution in [-0.2, 0) is 16.0 Å². The number of fused-ring (bicyclic) bond motifs is 1. The Balaban J connectivity index is 1.57. The van der Waals surface area contributed by atoms with Crippen molar-refractivity contribution in [1.82, 2.24) is 15.2 Å². The smallest absolute Gasteiger partial charge is 0.261 e. The molecule has 0 radical (unpaired) electrons. The van der Waals surface area contributed by atoms with Gasteiger partial charge in [-0.2, -0.15) is 0 Å². The van der Waals surface area contributed by atoms with Gasteiger partial charge in [-0.15, -0.1) is 0 Å². The number of nitrogens with one attached hydrogen (secondary N) is 2. The number of hydrogen-bond acceptors (Lipinski definition) is 5. The maximum absolute atomic E-state index is 13.0. The Kier molecular flexibility index (Phi) is 4.13. The summed E-state index contributed by atoms with van der Waals surface area (Å²) in [4.78, 5) is 36.1. The summed E-state index contributed by atoms with van der Waals surface area (Å²) in [7, 11) is 0. The summed E-state index contributed by atoms with van der Waals surface area (Å²) in [6.07, 6.45) is 14.1. The first-order valence-electron chi connectivity index (χ1n) is 10.6. The Labute approximate surface area is 183 Å². The van der Waals surface area contributed by atoms with E-state index in [0.29, 0.717) is 28.8 Å². The molecule has 0 spiro atoms. The van der Waals surface area contributed by atoms with Crippen LogP contribution in [0, 0.1) is 0 Å². The molecule has 158 valence electrons. The maximum atomic E-state index is 13.0. The number of hydrogen-bond donors (Lipinski definition) is 3. The van der Waals surface area contributed by atoms with Crippen LogP contribution in [0.25, 0.3) is 16.5 Å². The molecule has 7 nitrogen and oxygen atoms in total. The van der Waals surface area contributed by atoms with Crippen molar-refractivity contribution in [1.29, 1.82) is 0 Å². The minimum Gasteiger partial charge on any atom is -0.396 e. The number of aromatic nitrogens is 1. The third kappa shape index (κ3) is 2.61. The van der Waals surface area contributed by atoms with E-state index in [1.54, 1.807) is 12.4 Å². The molecule has 1 atom stereocenters. The third-order valence-electron chi connectivity index (χ3n) is 6.40. The number of allylic oxidation sites excluding steroid dienone is 2. The van der Waals surface area contributed by atoms with E-state index in [1.165, 1.54) is 0 Å². The first-order chi connectivity index (χ1) is 15.7. The van der Waals surface area contributed by atoms with Crippen LogP contribution in [0.4, 0.5) is 0 Å². The molecular weight excluding hydrogens is 404 g/mol. The van der Waals surface area contributed by atoms with Gasteiger partial charge in [0.1, 0.15) is 0 Å². The van der Waals surface area contributed by atoms with E-state index in [0.717, 1.165) is 34.2 Å². The predicted octanol–water partition coefficient (Wildman–Crippen LogP) is 2.15. The second kappa shape index (κ2) is 7.03. The standard InChI is InChI=1S/C25H20N4O3/c30-12-8-14-3-1-5-16-18(13-27-21(14)16)19-20(25(32)28-24(19)31)22-17-6-2-4-15-7-10-29(23(15)17)11-9-26-22/h1-7,9,11,13,23,27,30H,8,10,12H2,(H,28,31,32). The van der Waals surface area contributed by atoms with Crippen LogP contribution < -0.4 is 5.32 Å². The van der Waals surface area contributed by atoms with Crippen LogP contribution >= 0.6 is 0 Å². The minimum absolute atomic E-state index is 0.0196. The second-order valence-corrected chi connectivity index (χ2v) is 8.11. The Bertz CT molecular complexity index is 1380. The number of amides is 2. The number of nitrogens with zero attached hydrogens (tertiary/aromatic N) is 2. The van der Waals surface area contributed by atoms with Gasteiger partial charge in [0.05, 0.1) is 22.9 Å². The quantitative estimate of drug-likeness (QED) is 0.655. The molecule has 3 aliphatic heterocycles. The summed E-state index contributed by atoms with van der Waals surface area (Å²) in [5, 5.41) is 12.7. The molecule has 1 aromatic heterocycles. The molecular formula is C25H20N4O3. The average molecular weight is 424 g/mol. The van der Waals surface area contributed by atoms with Gasteiger partial charge in [0.25, 0.3) is 11.8 Å². The number of aromatic amines is 1. The number of carbonyl (C=O) groups excluding carboxylic acids is 2. The average Bonchev–Trinajstić information content (AvgIpc) is 3.43. The molecule has 3 N–H and O–H groups in total. The number of aliphatic hydroxyl groups excluding tert-OH is 1. The SMILES string of the molecule is O=C1NC(=O)C(c2c[nH]c3c(CCO)cccc23)=C1C1=NC=CN2CC=C3C=CC=C1C32. The molecule has 0 saturated heterocycles. The Morgan fingerprint density at radius 2 is 2.06 bits per heavy atom. The van der Waals surface area contributed by atoms with E-state index in [1.807, 2.05) is 36.6 Å². The number of carbonyl (C=O) groups is 2. The van der Waals surface area contributed by atoms with Gasteiger partial charge in [0.15, 0.2) is 0 Å². The van der Waals surface area contributed by atoms with Crippen molar-refractivity contribution in [3.8, 4) is 0 Å². The molecule has 4 aliphatic rings. The van der Waals surface area contributed by atoms with Crippen molar-refractivity contribution < 1.29 is 14.7 Å². The molecule has 4 heterocycles. The number of rotatable bonds is 4. The first kappa shape index (κ1) is 18.8. The van der Waals surface area contributed by atoms with Crippen molar-refractivity contribution in [2.24, 2.45) is 4.99 Å². The summed E-state index contributed by atoms with van der Waals surface area (Å²) in [6, 6.07) is 5.73. The lowest BCUT2D eigenvalue weighted by Gasteiger charge is -2.28. The summed E-state index contributed by atoms with van der Waals surface area (Å²) in [5.74, 6) is -0.870. The fraction of sp³-hybridized carbons (Fsp3) is 0.160. The van der Waals surface area contributed by atoms with Gasteiger partial charge in [-0.3, -0.25) is 19.9 Å². The second-order valence-electron chi connectivity index (χ2n) is 8.11. The summed E-state index contributed by atoms with van der Waals surface area (Å²) >= 11 is 0. The summed E-state index contributed by atoms with van der Waals surface area (Å²) in [5.41, 5.74) is 5.66. The zero-order valence-electron chi connectivity index (χ0n) is 17.1. The molecule has 0 saturated carbocycles. The highest BCUT2D eigenvalue weighted by atomic mass is 16.3. The van der Waals surface area contributed by atoms with E-state index < -0.39 is 11.8 Å². The normalized spacial score (nSPS) is 21.6. The van der Waals surface area contributed by atoms with Crippen molar-refractivity contribution >= 4 is 34.0 Å². The van der Waals surface area contributed by atoms with E-state index in [-0.39, 0.29) is 12.6 Å². The lowest BCUT2D eigenvalue weighted by molar-refractivity contribution is -0.123. The third-order valence-corrected chi connectivity index (χ3v) is 6.40. The van der Waals surface area contributed by atoms with E-state index >= 15 is 0 Å². The fourth-order valence-electron chi connectivity index (χ4n) is 5.01. The van der Waals surface area contributed by atoms with Gasteiger partial charge in [-0.1, -0.05) is 42.5 Å². The van der Waals surface area contributed by atoms with Gasteiger partial charge in [-0.25, -0.2) is 0 Å². The van der Waals surface area contributed by atoms with Gasteiger partial charge in [0.2, 0.25) is 0 Å². The lowest BCUT2D eigenvalue weighted by atomic mass is 9.86. The van der Waals surface area contributed by atoms with E-state index in [9.17, 15) is 14.7 Å². The molecule has 2 aromatic rings. The van der Waals surface area contributed by atoms with Crippen LogP contribution in [0.3, 0.4) is 0 Å². The van der Waals surface area contributed by atoms with Gasteiger partial charge in [0, 0.05) is 53.8 Å². The van der Waals surface area contributed by atoms with Gasteiger partial charge < -0.3 is 15.0 Å². The largest absolute Gasteiger partial charge is 0.396 e. The molecule has 7 heteroatoms. The van der Waals surface area contributed by atoms with Gasteiger partial charge in [-0.05, 0) is 17.6 Å². The molecule has 0 fully saturated rings. The number of para-hydroxylation sites is 1. The monoisotopic (exact) mass is 424 g/mol. The minimum atomic E-state index is -0.439. The van der Waals surface area contributed by atoms with Crippen molar-refractivity contribution in [3.63, 3.8) is 0 Å². The Hall–Kier alpha value is -3.97. The molecule has 2 amide bonds. The topological polar surface area (TPSA) is 97.8 Å². The maximum Gasteiger partial charge on any atom is 0.261 e. The molecule has 32 heavy (non-hydrogen) atoms. The molecule has 6 rings (SSSR count). The first-order valence-corrected chi connectivity index (χ1v) is 10.6. The van der Waals surface area contributed by atoms with Crippen molar-refractivity contribution in [2.45, 2.75) is 12.5 Å². The number of imide groups is 1. The highest BCUT2D eigenvalue weighted by Gasteiger charge is 2.40.